The Morgan fingerprint density at radius 3 is 2.44 bits per heavy atom. The van der Waals surface area contributed by atoms with E-state index in [0.29, 0.717) is 17.9 Å². The smallest absolute Gasteiger partial charge is 0.258 e. The number of carbonyl (C=O) groups is 2. The number of amides is 2. The molecule has 1 unspecified atom stereocenters. The van der Waals surface area contributed by atoms with Crippen LogP contribution in [-0.4, -0.2) is 25.0 Å². The van der Waals surface area contributed by atoms with Crippen molar-refractivity contribution >= 4 is 11.8 Å². The second-order valence-electron chi connectivity index (χ2n) is 6.73. The number of hydrogen-bond donors (Lipinski definition) is 2. The molecule has 2 aromatic carbocycles. The summed E-state index contributed by atoms with van der Waals surface area (Å²) in [6.45, 7) is 10.1. The number of hydrogen-bond acceptors (Lipinski definition) is 3. The summed E-state index contributed by atoms with van der Waals surface area (Å²) in [5.74, 6) is 0.00312. The van der Waals surface area contributed by atoms with Crippen molar-refractivity contribution in [2.75, 3.05) is 13.2 Å². The Hall–Kier alpha value is -2.82. The lowest BCUT2D eigenvalue weighted by atomic mass is 10.0. The monoisotopic (exact) mass is 368 g/mol. The van der Waals surface area contributed by atoms with Crippen LogP contribution in [0, 0.1) is 20.8 Å². The number of rotatable bonds is 7. The number of aryl methyl sites for hydroxylation is 3. The highest BCUT2D eigenvalue weighted by atomic mass is 16.5. The molecule has 0 fully saturated rings. The fourth-order valence-corrected chi connectivity index (χ4v) is 2.82. The Morgan fingerprint density at radius 2 is 1.78 bits per heavy atom. The molecule has 0 radical (unpaired) electrons. The molecule has 144 valence electrons. The first-order chi connectivity index (χ1) is 12.8. The van der Waals surface area contributed by atoms with Gasteiger partial charge in [0.15, 0.2) is 6.61 Å². The van der Waals surface area contributed by atoms with E-state index >= 15 is 0 Å². The molecular weight excluding hydrogens is 340 g/mol. The van der Waals surface area contributed by atoms with Gasteiger partial charge in [-0.2, -0.15) is 0 Å². The highest BCUT2D eigenvalue weighted by Gasteiger charge is 2.16. The standard InChI is InChI=1S/C22H28N2O3/c1-6-23-22(26)19-9-7-8-15(3)21(19)27-13-20(25)24-17(5)18-11-10-14(2)16(4)12-18/h7-12,17H,6,13H2,1-5H3,(H,23,26)(H,24,25). The molecule has 1 atom stereocenters. The van der Waals surface area contributed by atoms with Crippen molar-refractivity contribution < 1.29 is 14.3 Å². The van der Waals surface area contributed by atoms with Gasteiger partial charge in [0, 0.05) is 6.54 Å². The predicted molar refractivity (Wildman–Crippen MR) is 107 cm³/mol. The molecule has 0 bridgehead atoms. The summed E-state index contributed by atoms with van der Waals surface area (Å²) in [5, 5.41) is 5.70. The van der Waals surface area contributed by atoms with Crippen molar-refractivity contribution in [1.82, 2.24) is 10.6 Å². The Morgan fingerprint density at radius 1 is 1.04 bits per heavy atom. The molecular formula is C22H28N2O3. The average Bonchev–Trinajstić information content (AvgIpc) is 2.62. The lowest BCUT2D eigenvalue weighted by molar-refractivity contribution is -0.123. The quantitative estimate of drug-likeness (QED) is 0.784. The summed E-state index contributed by atoms with van der Waals surface area (Å²) in [7, 11) is 0. The van der Waals surface area contributed by atoms with Gasteiger partial charge in [0.05, 0.1) is 11.6 Å². The Kier molecular flexibility index (Phi) is 6.99. The van der Waals surface area contributed by atoms with Gasteiger partial charge in [-0.05, 0) is 62.9 Å². The predicted octanol–water partition coefficient (Wildman–Crippen LogP) is 3.62. The second kappa shape index (κ2) is 9.21. The molecule has 0 spiro atoms. The van der Waals surface area contributed by atoms with E-state index < -0.39 is 0 Å². The molecule has 0 aliphatic carbocycles. The summed E-state index contributed by atoms with van der Waals surface area (Å²) in [6, 6.07) is 11.4. The molecule has 0 aromatic heterocycles. The minimum absolute atomic E-state index is 0.125. The number of ether oxygens (including phenoxy) is 1. The maximum absolute atomic E-state index is 12.3. The van der Waals surface area contributed by atoms with Crippen LogP contribution >= 0.6 is 0 Å². The summed E-state index contributed by atoms with van der Waals surface area (Å²) in [5.41, 5.74) is 4.71. The third-order valence-corrected chi connectivity index (χ3v) is 4.55. The topological polar surface area (TPSA) is 67.4 Å². The van der Waals surface area contributed by atoms with E-state index in [1.165, 1.54) is 11.1 Å². The van der Waals surface area contributed by atoms with E-state index in [2.05, 4.69) is 36.6 Å². The normalized spacial score (nSPS) is 11.6. The number of carbonyl (C=O) groups excluding carboxylic acids is 2. The van der Waals surface area contributed by atoms with E-state index in [0.717, 1.165) is 11.1 Å². The first kappa shape index (κ1) is 20.5. The van der Waals surface area contributed by atoms with Crippen LogP contribution in [-0.2, 0) is 4.79 Å². The Labute approximate surface area is 161 Å². The molecule has 2 aromatic rings. The molecule has 0 saturated heterocycles. The molecule has 5 nitrogen and oxygen atoms in total. The van der Waals surface area contributed by atoms with Gasteiger partial charge in [0.25, 0.3) is 11.8 Å². The van der Waals surface area contributed by atoms with Crippen molar-refractivity contribution in [1.29, 1.82) is 0 Å². The summed E-state index contributed by atoms with van der Waals surface area (Å²) >= 11 is 0. The molecule has 0 heterocycles. The zero-order valence-corrected chi connectivity index (χ0v) is 16.7. The van der Waals surface area contributed by atoms with Crippen molar-refractivity contribution in [3.8, 4) is 5.75 Å². The highest BCUT2D eigenvalue weighted by molar-refractivity contribution is 5.97. The van der Waals surface area contributed by atoms with Crippen LogP contribution in [0.15, 0.2) is 36.4 Å². The van der Waals surface area contributed by atoms with Gasteiger partial charge in [-0.15, -0.1) is 0 Å². The van der Waals surface area contributed by atoms with Gasteiger partial charge in [-0.3, -0.25) is 9.59 Å². The van der Waals surface area contributed by atoms with Crippen LogP contribution < -0.4 is 15.4 Å². The second-order valence-corrected chi connectivity index (χ2v) is 6.73. The van der Waals surface area contributed by atoms with Gasteiger partial charge >= 0.3 is 0 Å². The first-order valence-corrected chi connectivity index (χ1v) is 9.20. The lowest BCUT2D eigenvalue weighted by Gasteiger charge is -2.17. The highest BCUT2D eigenvalue weighted by Crippen LogP contribution is 2.23. The maximum atomic E-state index is 12.3. The minimum atomic E-state index is -0.231. The molecule has 2 rings (SSSR count). The molecule has 2 amide bonds. The molecule has 27 heavy (non-hydrogen) atoms. The third-order valence-electron chi connectivity index (χ3n) is 4.55. The molecule has 0 aliphatic heterocycles. The largest absolute Gasteiger partial charge is 0.483 e. The van der Waals surface area contributed by atoms with Crippen LogP contribution in [0.25, 0.3) is 0 Å². The molecule has 0 aliphatic rings. The van der Waals surface area contributed by atoms with E-state index in [-0.39, 0.29) is 24.5 Å². The summed E-state index contributed by atoms with van der Waals surface area (Å²) in [6.07, 6.45) is 0. The van der Waals surface area contributed by atoms with Crippen LogP contribution in [0.1, 0.15) is 52.5 Å². The van der Waals surface area contributed by atoms with Crippen molar-refractivity contribution in [2.45, 2.75) is 40.7 Å². The fraction of sp³-hybridized carbons (Fsp3) is 0.364. The van der Waals surface area contributed by atoms with Crippen LogP contribution in [0.5, 0.6) is 5.75 Å². The van der Waals surface area contributed by atoms with E-state index in [1.54, 1.807) is 12.1 Å². The van der Waals surface area contributed by atoms with E-state index in [9.17, 15) is 9.59 Å². The van der Waals surface area contributed by atoms with Gasteiger partial charge < -0.3 is 15.4 Å². The van der Waals surface area contributed by atoms with Gasteiger partial charge in [0.1, 0.15) is 5.75 Å². The van der Waals surface area contributed by atoms with Gasteiger partial charge in [-0.1, -0.05) is 30.3 Å². The minimum Gasteiger partial charge on any atom is -0.483 e. The molecule has 5 heteroatoms. The Bertz CT molecular complexity index is 830. The van der Waals surface area contributed by atoms with Gasteiger partial charge in [-0.25, -0.2) is 0 Å². The third kappa shape index (κ3) is 5.33. The van der Waals surface area contributed by atoms with Gasteiger partial charge in [0.2, 0.25) is 0 Å². The SMILES string of the molecule is CCNC(=O)c1cccc(C)c1OCC(=O)NC(C)c1ccc(C)c(C)c1. The van der Waals surface area contributed by atoms with E-state index in [1.807, 2.05) is 32.9 Å². The van der Waals surface area contributed by atoms with Crippen LogP contribution in [0.4, 0.5) is 0 Å². The molecule has 0 saturated carbocycles. The van der Waals surface area contributed by atoms with Crippen LogP contribution in [0.3, 0.4) is 0 Å². The number of para-hydroxylation sites is 1. The summed E-state index contributed by atoms with van der Waals surface area (Å²) < 4.78 is 5.70. The van der Waals surface area contributed by atoms with Crippen LogP contribution in [0.2, 0.25) is 0 Å². The fourth-order valence-electron chi connectivity index (χ4n) is 2.82. The zero-order valence-electron chi connectivity index (χ0n) is 16.7. The number of nitrogens with one attached hydrogen (secondary N) is 2. The number of benzene rings is 2. The van der Waals surface area contributed by atoms with E-state index in [4.69, 9.17) is 4.74 Å². The molecule has 2 N–H and O–H groups in total. The maximum Gasteiger partial charge on any atom is 0.258 e. The lowest BCUT2D eigenvalue weighted by Crippen LogP contribution is -2.32. The summed E-state index contributed by atoms with van der Waals surface area (Å²) in [4.78, 5) is 24.5. The average molecular weight is 368 g/mol. The first-order valence-electron chi connectivity index (χ1n) is 9.20. The van der Waals surface area contributed by atoms with Crippen molar-refractivity contribution in [2.24, 2.45) is 0 Å². The van der Waals surface area contributed by atoms with Crippen molar-refractivity contribution in [3.05, 3.63) is 64.2 Å². The zero-order chi connectivity index (χ0) is 20.0. The Balaban J connectivity index is 2.03. The van der Waals surface area contributed by atoms with Crippen molar-refractivity contribution in [3.63, 3.8) is 0 Å².